The van der Waals surface area contributed by atoms with Gasteiger partial charge in [-0.3, -0.25) is 0 Å². The van der Waals surface area contributed by atoms with E-state index in [0.717, 1.165) is 12.8 Å². The van der Waals surface area contributed by atoms with Crippen molar-refractivity contribution < 1.29 is 0 Å². The van der Waals surface area contributed by atoms with Crippen LogP contribution in [0.2, 0.25) is 0 Å². The smallest absolute Gasteiger partial charge is 0.0160 e. The van der Waals surface area contributed by atoms with Crippen molar-refractivity contribution in [2.45, 2.75) is 39.5 Å². The fourth-order valence-electron chi connectivity index (χ4n) is 4.53. The van der Waals surface area contributed by atoms with Crippen LogP contribution in [0.1, 0.15) is 44.2 Å². The number of hydrogen-bond donors (Lipinski definition) is 0. The van der Waals surface area contributed by atoms with Crippen molar-refractivity contribution in [2.24, 2.45) is 0 Å². The van der Waals surface area contributed by atoms with Gasteiger partial charge in [0.2, 0.25) is 0 Å². The van der Waals surface area contributed by atoms with Gasteiger partial charge < -0.3 is 0 Å². The van der Waals surface area contributed by atoms with Gasteiger partial charge in [0.15, 0.2) is 0 Å². The topological polar surface area (TPSA) is 0 Å². The van der Waals surface area contributed by atoms with Crippen molar-refractivity contribution in [1.82, 2.24) is 0 Å². The van der Waals surface area contributed by atoms with E-state index in [0.29, 0.717) is 0 Å². The number of allylic oxidation sites excluding steroid dienone is 5. The Hall–Kier alpha value is -3.90. The minimum absolute atomic E-state index is 0.907. The minimum atomic E-state index is 0.907. The zero-order chi connectivity index (χ0) is 25.2. The SMILES string of the molecule is C=CC=CCC=C(C)c1cccc(-c2cc(-c3ccccc3)cc(-c3cccc(CCCC)c3)c2)c1. The lowest BCUT2D eigenvalue weighted by Crippen LogP contribution is -1.89. The highest BCUT2D eigenvalue weighted by Crippen LogP contribution is 2.34. The van der Waals surface area contributed by atoms with Crippen molar-refractivity contribution in [1.29, 1.82) is 0 Å². The van der Waals surface area contributed by atoms with Crippen LogP contribution in [0.25, 0.3) is 39.0 Å². The van der Waals surface area contributed by atoms with Crippen LogP contribution >= 0.6 is 0 Å². The number of benzene rings is 4. The van der Waals surface area contributed by atoms with Crippen LogP contribution in [-0.4, -0.2) is 0 Å². The molecule has 0 heteroatoms. The van der Waals surface area contributed by atoms with Gasteiger partial charge in [-0.05, 0) is 101 Å². The van der Waals surface area contributed by atoms with E-state index in [1.54, 1.807) is 0 Å². The van der Waals surface area contributed by atoms with Gasteiger partial charge in [-0.2, -0.15) is 0 Å². The van der Waals surface area contributed by atoms with Crippen molar-refractivity contribution in [3.63, 3.8) is 0 Å². The minimum Gasteiger partial charge on any atom is -0.0991 e. The Bertz CT molecular complexity index is 1350. The molecule has 0 nitrogen and oxygen atoms in total. The number of rotatable bonds is 10. The third-order valence-corrected chi connectivity index (χ3v) is 6.60. The molecule has 0 saturated carbocycles. The average Bonchev–Trinajstić information content (AvgIpc) is 2.94. The van der Waals surface area contributed by atoms with Crippen molar-refractivity contribution in [3.05, 3.63) is 139 Å². The molecule has 0 N–H and O–H groups in total. The largest absolute Gasteiger partial charge is 0.0991 e. The number of hydrogen-bond acceptors (Lipinski definition) is 0. The van der Waals surface area contributed by atoms with Crippen LogP contribution in [0.4, 0.5) is 0 Å². The lowest BCUT2D eigenvalue weighted by molar-refractivity contribution is 0.795. The second kappa shape index (κ2) is 12.7. The molecule has 0 unspecified atom stereocenters. The fraction of sp³-hybridized carbons (Fsp3) is 0.167. The third kappa shape index (κ3) is 6.61. The quantitative estimate of drug-likeness (QED) is 0.203. The molecule has 4 aromatic rings. The molecule has 180 valence electrons. The summed E-state index contributed by atoms with van der Waals surface area (Å²) in [7, 11) is 0. The first-order chi connectivity index (χ1) is 17.7. The molecule has 0 fully saturated rings. The zero-order valence-electron chi connectivity index (χ0n) is 21.6. The summed E-state index contributed by atoms with van der Waals surface area (Å²) in [5.74, 6) is 0. The monoisotopic (exact) mass is 468 g/mol. The number of aryl methyl sites for hydroxylation is 1. The van der Waals surface area contributed by atoms with Gasteiger partial charge in [-0.25, -0.2) is 0 Å². The van der Waals surface area contributed by atoms with Crippen molar-refractivity contribution in [2.75, 3.05) is 0 Å². The summed E-state index contributed by atoms with van der Waals surface area (Å²) in [4.78, 5) is 0. The summed E-state index contributed by atoms with van der Waals surface area (Å²) in [5.41, 5.74) is 11.5. The predicted molar refractivity (Wildman–Crippen MR) is 159 cm³/mol. The zero-order valence-corrected chi connectivity index (χ0v) is 21.6. The molecule has 0 heterocycles. The highest BCUT2D eigenvalue weighted by Gasteiger charge is 2.09. The van der Waals surface area contributed by atoms with Crippen molar-refractivity contribution in [3.8, 4) is 33.4 Å². The third-order valence-electron chi connectivity index (χ3n) is 6.60. The second-order valence-corrected chi connectivity index (χ2v) is 9.34. The molecule has 0 aliphatic heterocycles. The maximum Gasteiger partial charge on any atom is -0.0160 e. The van der Waals surface area contributed by atoms with Gasteiger partial charge in [0.05, 0.1) is 0 Å². The molecule has 4 rings (SSSR count). The highest BCUT2D eigenvalue weighted by atomic mass is 14.1. The van der Waals surface area contributed by atoms with E-state index >= 15 is 0 Å². The lowest BCUT2D eigenvalue weighted by atomic mass is 9.91. The van der Waals surface area contributed by atoms with E-state index in [1.165, 1.54) is 62.9 Å². The molecule has 0 radical (unpaired) electrons. The van der Waals surface area contributed by atoms with E-state index in [2.05, 4.69) is 130 Å². The molecule has 36 heavy (non-hydrogen) atoms. The summed E-state index contributed by atoms with van der Waals surface area (Å²) in [6.45, 7) is 8.19. The van der Waals surface area contributed by atoms with Crippen LogP contribution in [-0.2, 0) is 6.42 Å². The standard InChI is InChI=1S/C36H36/c1-4-6-8-10-15-28(3)31-20-14-22-33(24-31)36-26-34(30-18-11-9-12-19-30)25-35(27-36)32-21-13-17-29(23-32)16-7-5-2/h4,6,8-9,11-15,17-27H,1,5,7,10,16H2,2-3H3. The van der Waals surface area contributed by atoms with Gasteiger partial charge in [0.25, 0.3) is 0 Å². The Morgan fingerprint density at radius 3 is 2.03 bits per heavy atom. The summed E-state index contributed by atoms with van der Waals surface area (Å²) in [6.07, 6.45) is 12.7. The van der Waals surface area contributed by atoms with Gasteiger partial charge in [-0.15, -0.1) is 0 Å². The van der Waals surface area contributed by atoms with Crippen LogP contribution in [0.15, 0.2) is 128 Å². The Morgan fingerprint density at radius 1 is 0.694 bits per heavy atom. The predicted octanol–water partition coefficient (Wildman–Crippen LogP) is 10.6. The Labute approximate surface area is 217 Å². The van der Waals surface area contributed by atoms with Crippen LogP contribution in [0.3, 0.4) is 0 Å². The fourth-order valence-corrected chi connectivity index (χ4v) is 4.53. The summed E-state index contributed by atoms with van der Waals surface area (Å²) < 4.78 is 0. The number of unbranched alkanes of at least 4 members (excludes halogenated alkanes) is 1. The van der Waals surface area contributed by atoms with Crippen molar-refractivity contribution >= 4 is 5.57 Å². The molecule has 0 spiro atoms. The molecule has 0 aliphatic carbocycles. The van der Waals surface area contributed by atoms with Crippen LogP contribution in [0, 0.1) is 0 Å². The Kier molecular flexibility index (Phi) is 8.89. The van der Waals surface area contributed by atoms with E-state index in [-0.39, 0.29) is 0 Å². The summed E-state index contributed by atoms with van der Waals surface area (Å²) >= 11 is 0. The maximum absolute atomic E-state index is 3.75. The van der Waals surface area contributed by atoms with Gasteiger partial charge in [0.1, 0.15) is 0 Å². The molecular weight excluding hydrogens is 432 g/mol. The molecule has 4 aromatic carbocycles. The van der Waals surface area contributed by atoms with E-state index in [1.807, 2.05) is 12.2 Å². The Morgan fingerprint density at radius 2 is 1.33 bits per heavy atom. The molecule has 0 aromatic heterocycles. The van der Waals surface area contributed by atoms with Crippen LogP contribution in [0.5, 0.6) is 0 Å². The highest BCUT2D eigenvalue weighted by molar-refractivity contribution is 5.82. The van der Waals surface area contributed by atoms with E-state index in [9.17, 15) is 0 Å². The van der Waals surface area contributed by atoms with Gasteiger partial charge >= 0.3 is 0 Å². The maximum atomic E-state index is 3.75. The molecule has 0 atom stereocenters. The first-order valence-electron chi connectivity index (χ1n) is 13.0. The molecule has 0 amide bonds. The first kappa shape index (κ1) is 25.2. The first-order valence-corrected chi connectivity index (χ1v) is 13.0. The Balaban J connectivity index is 1.77. The molecule has 0 aliphatic rings. The lowest BCUT2D eigenvalue weighted by Gasteiger charge is -2.13. The van der Waals surface area contributed by atoms with Gasteiger partial charge in [0, 0.05) is 0 Å². The normalized spacial score (nSPS) is 11.7. The van der Waals surface area contributed by atoms with Gasteiger partial charge in [-0.1, -0.05) is 117 Å². The van der Waals surface area contributed by atoms with E-state index in [4.69, 9.17) is 0 Å². The summed E-state index contributed by atoms with van der Waals surface area (Å²) in [6, 6.07) is 35.7. The molecule has 0 bridgehead atoms. The molecular formula is C36H36. The second-order valence-electron chi connectivity index (χ2n) is 9.34. The molecule has 0 saturated heterocycles. The van der Waals surface area contributed by atoms with Crippen LogP contribution < -0.4 is 0 Å². The average molecular weight is 469 g/mol. The summed E-state index contributed by atoms with van der Waals surface area (Å²) in [5, 5.41) is 0. The van der Waals surface area contributed by atoms with E-state index < -0.39 is 0 Å².